The molecule has 0 spiro atoms. The Morgan fingerprint density at radius 2 is 2.05 bits per heavy atom. The van der Waals surface area contributed by atoms with Gasteiger partial charge in [0.05, 0.1) is 0 Å². The molecule has 1 fully saturated rings. The lowest BCUT2D eigenvalue weighted by molar-refractivity contribution is 0.203. The van der Waals surface area contributed by atoms with Gasteiger partial charge in [0.15, 0.2) is 0 Å². The first-order valence-electron chi connectivity index (χ1n) is 6.54. The van der Waals surface area contributed by atoms with Crippen LogP contribution in [0.2, 0.25) is 0 Å². The van der Waals surface area contributed by atoms with Crippen LogP contribution in [0, 0.1) is 11.7 Å². The molecule has 0 saturated carbocycles. The van der Waals surface area contributed by atoms with Crippen LogP contribution in [0.3, 0.4) is 0 Å². The van der Waals surface area contributed by atoms with Crippen molar-refractivity contribution < 1.29 is 9.50 Å². The molecule has 0 atom stereocenters. The van der Waals surface area contributed by atoms with E-state index in [4.69, 9.17) is 5.11 Å². The molecule has 4 nitrogen and oxygen atoms in total. The highest BCUT2D eigenvalue weighted by molar-refractivity contribution is 5.89. The van der Waals surface area contributed by atoms with Crippen LogP contribution >= 0.6 is 0 Å². The molecule has 0 unspecified atom stereocenters. The van der Waals surface area contributed by atoms with E-state index in [9.17, 15) is 4.39 Å². The Balaban J connectivity index is 1.95. The molecular formula is C14H16FN3O. The summed E-state index contributed by atoms with van der Waals surface area (Å²) < 4.78 is 13.7. The first-order chi connectivity index (χ1) is 9.29. The topological polar surface area (TPSA) is 49.2 Å². The molecular weight excluding hydrogens is 245 g/mol. The van der Waals surface area contributed by atoms with E-state index in [1.807, 2.05) is 6.07 Å². The first-order valence-corrected chi connectivity index (χ1v) is 6.54. The number of para-hydroxylation sites is 1. The second-order valence-corrected chi connectivity index (χ2v) is 4.95. The van der Waals surface area contributed by atoms with Crippen LogP contribution in [0.1, 0.15) is 12.8 Å². The summed E-state index contributed by atoms with van der Waals surface area (Å²) in [7, 11) is 0. The zero-order chi connectivity index (χ0) is 13.2. The van der Waals surface area contributed by atoms with E-state index in [1.54, 1.807) is 6.07 Å². The summed E-state index contributed by atoms with van der Waals surface area (Å²) in [6.45, 7) is 1.93. The number of aromatic nitrogens is 2. The predicted octanol–water partition coefficient (Wildman–Crippen LogP) is 1.98. The van der Waals surface area contributed by atoms with Crippen LogP contribution < -0.4 is 4.90 Å². The molecule has 2 aromatic rings. The average Bonchev–Trinajstić information content (AvgIpc) is 2.47. The van der Waals surface area contributed by atoms with Crippen LogP contribution in [-0.4, -0.2) is 34.8 Å². The van der Waals surface area contributed by atoms with Gasteiger partial charge in [0, 0.05) is 25.1 Å². The van der Waals surface area contributed by atoms with E-state index in [0.29, 0.717) is 11.4 Å². The van der Waals surface area contributed by atoms with Gasteiger partial charge in [-0.1, -0.05) is 6.07 Å². The van der Waals surface area contributed by atoms with E-state index in [1.165, 1.54) is 12.4 Å². The number of benzene rings is 1. The van der Waals surface area contributed by atoms with Crippen molar-refractivity contribution in [2.75, 3.05) is 24.6 Å². The smallest absolute Gasteiger partial charge is 0.149 e. The summed E-state index contributed by atoms with van der Waals surface area (Å²) in [6, 6.07) is 4.95. The molecule has 3 rings (SSSR count). The Hall–Kier alpha value is -1.75. The fourth-order valence-electron chi connectivity index (χ4n) is 2.62. The summed E-state index contributed by atoms with van der Waals surface area (Å²) in [5, 5.41) is 9.92. The maximum atomic E-state index is 13.7. The largest absolute Gasteiger partial charge is 0.396 e. The van der Waals surface area contributed by atoms with Gasteiger partial charge in [0.2, 0.25) is 0 Å². The second-order valence-electron chi connectivity index (χ2n) is 4.95. The van der Waals surface area contributed by atoms with Crippen LogP contribution in [0.5, 0.6) is 0 Å². The van der Waals surface area contributed by atoms with E-state index in [-0.39, 0.29) is 12.4 Å². The lowest BCUT2D eigenvalue weighted by Gasteiger charge is -2.32. The van der Waals surface area contributed by atoms with Crippen molar-refractivity contribution in [3.63, 3.8) is 0 Å². The quantitative estimate of drug-likeness (QED) is 0.898. The zero-order valence-electron chi connectivity index (χ0n) is 10.6. The molecule has 100 valence electrons. The summed E-state index contributed by atoms with van der Waals surface area (Å²) in [6.07, 6.45) is 3.30. The Morgan fingerprint density at radius 3 is 2.79 bits per heavy atom. The maximum Gasteiger partial charge on any atom is 0.149 e. The van der Waals surface area contributed by atoms with E-state index >= 15 is 0 Å². The Bertz CT molecular complexity index is 582. The normalized spacial score (nSPS) is 17.1. The van der Waals surface area contributed by atoms with Gasteiger partial charge in [-0.05, 0) is 30.9 Å². The minimum Gasteiger partial charge on any atom is -0.396 e. The van der Waals surface area contributed by atoms with E-state index in [2.05, 4.69) is 14.9 Å². The number of fused-ring (bicyclic) bond motifs is 1. The minimum absolute atomic E-state index is 0.243. The van der Waals surface area contributed by atoms with Crippen molar-refractivity contribution >= 4 is 16.7 Å². The van der Waals surface area contributed by atoms with E-state index in [0.717, 1.165) is 37.1 Å². The van der Waals surface area contributed by atoms with E-state index < -0.39 is 0 Å². The number of nitrogens with zero attached hydrogens (tertiary/aromatic N) is 3. The molecule has 0 bridgehead atoms. The van der Waals surface area contributed by atoms with Crippen molar-refractivity contribution in [2.24, 2.45) is 5.92 Å². The number of hydrogen-bond acceptors (Lipinski definition) is 4. The third-order valence-electron chi connectivity index (χ3n) is 3.77. The highest BCUT2D eigenvalue weighted by atomic mass is 19.1. The zero-order valence-corrected chi connectivity index (χ0v) is 10.6. The van der Waals surface area contributed by atoms with Gasteiger partial charge in [-0.15, -0.1) is 0 Å². The highest BCUT2D eigenvalue weighted by Gasteiger charge is 2.21. The monoisotopic (exact) mass is 261 g/mol. The van der Waals surface area contributed by atoms with Gasteiger partial charge in [-0.25, -0.2) is 14.4 Å². The van der Waals surface area contributed by atoms with Gasteiger partial charge in [-0.2, -0.15) is 0 Å². The average molecular weight is 261 g/mol. The standard InChI is InChI=1S/C14H16FN3O/c15-12-3-1-2-11-13(12)16-9-17-14(11)18-6-4-10(8-19)5-7-18/h1-3,9-10,19H,4-8H2. The van der Waals surface area contributed by atoms with Crippen molar-refractivity contribution in [3.05, 3.63) is 30.3 Å². The Kier molecular flexibility index (Phi) is 3.29. The lowest BCUT2D eigenvalue weighted by Crippen LogP contribution is -2.35. The molecule has 5 heteroatoms. The minimum atomic E-state index is -0.314. The number of hydrogen-bond donors (Lipinski definition) is 1. The second kappa shape index (κ2) is 5.09. The fraction of sp³-hybridized carbons (Fsp3) is 0.429. The number of aliphatic hydroxyl groups excluding tert-OH is 1. The molecule has 1 saturated heterocycles. The van der Waals surface area contributed by atoms with Gasteiger partial charge in [0.1, 0.15) is 23.5 Å². The Labute approximate surface area is 110 Å². The van der Waals surface area contributed by atoms with Crippen molar-refractivity contribution in [1.29, 1.82) is 0 Å². The molecule has 0 aliphatic carbocycles. The lowest BCUT2D eigenvalue weighted by atomic mass is 9.98. The van der Waals surface area contributed by atoms with Crippen LogP contribution in [0.4, 0.5) is 10.2 Å². The molecule has 0 radical (unpaired) electrons. The molecule has 2 heterocycles. The number of rotatable bonds is 2. The van der Waals surface area contributed by atoms with Crippen molar-refractivity contribution in [2.45, 2.75) is 12.8 Å². The van der Waals surface area contributed by atoms with Gasteiger partial charge in [0.25, 0.3) is 0 Å². The van der Waals surface area contributed by atoms with Crippen molar-refractivity contribution in [1.82, 2.24) is 9.97 Å². The molecule has 1 aromatic carbocycles. The summed E-state index contributed by atoms with van der Waals surface area (Å²) in [5.74, 6) is 0.855. The number of anilines is 1. The summed E-state index contributed by atoms with van der Waals surface area (Å²) in [4.78, 5) is 10.5. The SMILES string of the molecule is OCC1CCN(c2ncnc3c(F)cccc23)CC1. The molecule has 1 aliphatic heterocycles. The number of piperidine rings is 1. The molecule has 1 N–H and O–H groups in total. The fourth-order valence-corrected chi connectivity index (χ4v) is 2.62. The van der Waals surface area contributed by atoms with Crippen LogP contribution in [0.25, 0.3) is 10.9 Å². The third kappa shape index (κ3) is 2.26. The highest BCUT2D eigenvalue weighted by Crippen LogP contribution is 2.28. The van der Waals surface area contributed by atoms with Crippen LogP contribution in [0.15, 0.2) is 24.5 Å². The third-order valence-corrected chi connectivity index (χ3v) is 3.77. The molecule has 0 amide bonds. The number of halogens is 1. The summed E-state index contributed by atoms with van der Waals surface area (Å²) >= 11 is 0. The van der Waals surface area contributed by atoms with Gasteiger partial charge in [-0.3, -0.25) is 0 Å². The molecule has 1 aromatic heterocycles. The molecule has 19 heavy (non-hydrogen) atoms. The first kappa shape index (κ1) is 12.3. The molecule has 1 aliphatic rings. The predicted molar refractivity (Wildman–Crippen MR) is 71.5 cm³/mol. The van der Waals surface area contributed by atoms with Crippen LogP contribution in [-0.2, 0) is 0 Å². The Morgan fingerprint density at radius 1 is 1.26 bits per heavy atom. The van der Waals surface area contributed by atoms with Gasteiger partial charge >= 0.3 is 0 Å². The maximum absolute atomic E-state index is 13.7. The van der Waals surface area contributed by atoms with Gasteiger partial charge < -0.3 is 10.0 Å². The van der Waals surface area contributed by atoms with Crippen molar-refractivity contribution in [3.8, 4) is 0 Å². The summed E-state index contributed by atoms with van der Waals surface area (Å²) in [5.41, 5.74) is 0.372. The number of aliphatic hydroxyl groups is 1.